The van der Waals surface area contributed by atoms with E-state index in [1.54, 1.807) is 0 Å². The van der Waals surface area contributed by atoms with Crippen LogP contribution in [0.4, 0.5) is 0 Å². The molecular formula is C17H31Cl3N4O. The molecule has 1 aromatic rings. The fourth-order valence-corrected chi connectivity index (χ4v) is 2.68. The molecule has 1 heterocycles. The molecule has 0 bridgehead atoms. The fourth-order valence-electron chi connectivity index (χ4n) is 2.68. The molecule has 2 rings (SSSR count). The van der Waals surface area contributed by atoms with Gasteiger partial charge in [-0.1, -0.05) is 30.3 Å². The summed E-state index contributed by atoms with van der Waals surface area (Å²) in [7, 11) is 2.16. The Balaban J connectivity index is 0. The van der Waals surface area contributed by atoms with Gasteiger partial charge in [-0.2, -0.15) is 0 Å². The van der Waals surface area contributed by atoms with Crippen molar-refractivity contribution < 1.29 is 4.79 Å². The van der Waals surface area contributed by atoms with Crippen molar-refractivity contribution in [3.63, 3.8) is 0 Å². The summed E-state index contributed by atoms with van der Waals surface area (Å²) < 4.78 is 0. The third-order valence-electron chi connectivity index (χ3n) is 4.18. The van der Waals surface area contributed by atoms with Crippen molar-refractivity contribution >= 4 is 43.1 Å². The van der Waals surface area contributed by atoms with Gasteiger partial charge in [0.25, 0.3) is 0 Å². The lowest BCUT2D eigenvalue weighted by Gasteiger charge is -2.32. The smallest absolute Gasteiger partial charge is 0.237 e. The number of hydrogen-bond acceptors (Lipinski definition) is 4. The molecule has 1 atom stereocenters. The average Bonchev–Trinajstić information content (AvgIpc) is 2.54. The first kappa shape index (κ1) is 26.7. The number of nitrogens with two attached hydrogens (primary N) is 1. The summed E-state index contributed by atoms with van der Waals surface area (Å²) in [5.74, 6) is -0.0535. The van der Waals surface area contributed by atoms with Gasteiger partial charge in [-0.15, -0.1) is 37.2 Å². The van der Waals surface area contributed by atoms with Gasteiger partial charge in [0, 0.05) is 32.7 Å². The number of piperazine rings is 1. The number of nitrogens with one attached hydrogen (secondary N) is 1. The van der Waals surface area contributed by atoms with Crippen molar-refractivity contribution in [2.45, 2.75) is 18.9 Å². The molecule has 0 aromatic heterocycles. The van der Waals surface area contributed by atoms with Gasteiger partial charge in [-0.05, 0) is 32.0 Å². The highest BCUT2D eigenvalue weighted by molar-refractivity contribution is 5.86. The van der Waals surface area contributed by atoms with Gasteiger partial charge in [0.15, 0.2) is 0 Å². The second-order valence-corrected chi connectivity index (χ2v) is 6.09. The van der Waals surface area contributed by atoms with E-state index >= 15 is 0 Å². The van der Waals surface area contributed by atoms with Gasteiger partial charge in [-0.3, -0.25) is 4.79 Å². The lowest BCUT2D eigenvalue weighted by atomic mass is 10.1. The Hall–Kier alpha value is -0.560. The van der Waals surface area contributed by atoms with Gasteiger partial charge in [0.2, 0.25) is 5.91 Å². The molecule has 0 radical (unpaired) electrons. The molecule has 146 valence electrons. The average molecular weight is 414 g/mol. The van der Waals surface area contributed by atoms with E-state index in [1.165, 1.54) is 0 Å². The largest absolute Gasteiger partial charge is 0.355 e. The number of benzene rings is 1. The maximum Gasteiger partial charge on any atom is 0.237 e. The molecule has 1 aromatic carbocycles. The SMILES string of the molecule is CN1CCN(CCCNC(=O)C(N)Cc2ccccc2)CC1.Cl.Cl.Cl. The van der Waals surface area contributed by atoms with E-state index in [0.29, 0.717) is 13.0 Å². The predicted molar refractivity (Wildman–Crippen MR) is 111 cm³/mol. The maximum atomic E-state index is 12.0. The zero-order valence-electron chi connectivity index (χ0n) is 14.7. The van der Waals surface area contributed by atoms with Crippen LogP contribution in [-0.4, -0.2) is 68.1 Å². The summed E-state index contributed by atoms with van der Waals surface area (Å²) in [6.45, 7) is 6.26. The number of carbonyl (C=O) groups is 1. The third kappa shape index (κ3) is 10.2. The van der Waals surface area contributed by atoms with Gasteiger partial charge in [0.1, 0.15) is 0 Å². The topological polar surface area (TPSA) is 61.6 Å². The summed E-state index contributed by atoms with van der Waals surface area (Å²) in [6, 6.07) is 9.44. The standard InChI is InChI=1S/C17H28N4O.3ClH/c1-20-10-12-21(13-11-20)9-5-8-19-17(22)16(18)14-15-6-3-2-4-7-15;;;/h2-4,6-7,16H,5,8-14,18H2,1H3,(H,19,22);3*1H. The molecule has 1 amide bonds. The van der Waals surface area contributed by atoms with Crippen molar-refractivity contribution in [2.75, 3.05) is 46.3 Å². The van der Waals surface area contributed by atoms with E-state index in [2.05, 4.69) is 22.2 Å². The number of halogens is 3. The van der Waals surface area contributed by atoms with Crippen LogP contribution in [0.15, 0.2) is 30.3 Å². The Morgan fingerprint density at radius 3 is 2.32 bits per heavy atom. The Morgan fingerprint density at radius 2 is 1.72 bits per heavy atom. The summed E-state index contributed by atoms with van der Waals surface area (Å²) >= 11 is 0. The first-order valence-electron chi connectivity index (χ1n) is 8.13. The van der Waals surface area contributed by atoms with Crippen LogP contribution < -0.4 is 11.1 Å². The molecule has 1 unspecified atom stereocenters. The fraction of sp³-hybridized carbons (Fsp3) is 0.588. The zero-order valence-corrected chi connectivity index (χ0v) is 17.2. The molecule has 0 saturated carbocycles. The van der Waals surface area contributed by atoms with Crippen molar-refractivity contribution in [1.29, 1.82) is 0 Å². The molecule has 3 N–H and O–H groups in total. The molecular weight excluding hydrogens is 383 g/mol. The maximum absolute atomic E-state index is 12.0. The molecule has 8 heteroatoms. The number of carbonyl (C=O) groups excluding carboxylic acids is 1. The molecule has 1 fully saturated rings. The van der Waals surface area contributed by atoms with Crippen LogP contribution in [-0.2, 0) is 11.2 Å². The first-order valence-corrected chi connectivity index (χ1v) is 8.13. The van der Waals surface area contributed by atoms with Crippen LogP contribution in [0.3, 0.4) is 0 Å². The molecule has 25 heavy (non-hydrogen) atoms. The second kappa shape index (κ2) is 14.6. The Morgan fingerprint density at radius 1 is 1.12 bits per heavy atom. The van der Waals surface area contributed by atoms with Crippen LogP contribution in [0, 0.1) is 0 Å². The normalized spacial score (nSPS) is 15.9. The van der Waals surface area contributed by atoms with E-state index in [4.69, 9.17) is 5.73 Å². The van der Waals surface area contributed by atoms with E-state index in [9.17, 15) is 4.79 Å². The Bertz CT molecular complexity index is 456. The molecule has 5 nitrogen and oxygen atoms in total. The molecule has 1 aliphatic heterocycles. The highest BCUT2D eigenvalue weighted by atomic mass is 35.5. The number of nitrogens with zero attached hydrogens (tertiary/aromatic N) is 2. The predicted octanol–water partition coefficient (Wildman–Crippen LogP) is 1.58. The summed E-state index contributed by atoms with van der Waals surface area (Å²) in [4.78, 5) is 16.8. The number of likely N-dealkylation sites (N-methyl/N-ethyl adjacent to an activating group) is 1. The summed E-state index contributed by atoms with van der Waals surface area (Å²) in [6.07, 6.45) is 1.57. The van der Waals surface area contributed by atoms with Crippen molar-refractivity contribution in [2.24, 2.45) is 5.73 Å². The van der Waals surface area contributed by atoms with Crippen molar-refractivity contribution in [3.8, 4) is 0 Å². The zero-order chi connectivity index (χ0) is 15.8. The van der Waals surface area contributed by atoms with Crippen LogP contribution in [0.1, 0.15) is 12.0 Å². The van der Waals surface area contributed by atoms with E-state index < -0.39 is 6.04 Å². The number of rotatable bonds is 7. The van der Waals surface area contributed by atoms with Crippen LogP contribution in [0.25, 0.3) is 0 Å². The molecule has 0 aliphatic carbocycles. The van der Waals surface area contributed by atoms with Crippen molar-refractivity contribution in [1.82, 2.24) is 15.1 Å². The molecule has 0 spiro atoms. The highest BCUT2D eigenvalue weighted by Gasteiger charge is 2.15. The quantitative estimate of drug-likeness (QED) is 0.666. The number of hydrogen-bond donors (Lipinski definition) is 2. The van der Waals surface area contributed by atoms with Gasteiger partial charge >= 0.3 is 0 Å². The number of amides is 1. The lowest BCUT2D eigenvalue weighted by Crippen LogP contribution is -2.46. The Labute approximate surface area is 169 Å². The van der Waals surface area contributed by atoms with Gasteiger partial charge < -0.3 is 20.9 Å². The molecule has 1 saturated heterocycles. The monoisotopic (exact) mass is 412 g/mol. The van der Waals surface area contributed by atoms with Gasteiger partial charge in [0.05, 0.1) is 6.04 Å². The van der Waals surface area contributed by atoms with Crippen LogP contribution in [0.2, 0.25) is 0 Å². The van der Waals surface area contributed by atoms with E-state index in [-0.39, 0.29) is 43.1 Å². The van der Waals surface area contributed by atoms with Gasteiger partial charge in [-0.25, -0.2) is 0 Å². The summed E-state index contributed by atoms with van der Waals surface area (Å²) in [5.41, 5.74) is 7.06. The van der Waals surface area contributed by atoms with Crippen LogP contribution in [0.5, 0.6) is 0 Å². The first-order chi connectivity index (χ1) is 10.6. The Kier molecular flexibility index (Phi) is 15.6. The lowest BCUT2D eigenvalue weighted by molar-refractivity contribution is -0.122. The van der Waals surface area contributed by atoms with Crippen molar-refractivity contribution in [3.05, 3.63) is 35.9 Å². The summed E-state index contributed by atoms with van der Waals surface area (Å²) in [5, 5.41) is 2.95. The minimum absolute atomic E-state index is 0. The van der Waals surface area contributed by atoms with E-state index in [0.717, 1.165) is 44.7 Å². The minimum Gasteiger partial charge on any atom is -0.355 e. The third-order valence-corrected chi connectivity index (χ3v) is 4.18. The van der Waals surface area contributed by atoms with E-state index in [1.807, 2.05) is 30.3 Å². The van der Waals surface area contributed by atoms with Crippen LogP contribution >= 0.6 is 37.2 Å². The minimum atomic E-state index is -0.467. The highest BCUT2D eigenvalue weighted by Crippen LogP contribution is 2.02. The molecule has 1 aliphatic rings. The second-order valence-electron chi connectivity index (χ2n) is 6.09.